The number of rotatable bonds is 3. The first-order valence-electron chi connectivity index (χ1n) is 8.02. The van der Waals surface area contributed by atoms with E-state index in [2.05, 4.69) is 10.6 Å². The Labute approximate surface area is 151 Å². The Kier molecular flexibility index (Phi) is 4.95. The molecule has 3 rings (SSSR count). The molecule has 1 aliphatic heterocycles. The predicted molar refractivity (Wildman–Crippen MR) is 98.2 cm³/mol. The van der Waals surface area contributed by atoms with E-state index < -0.39 is 5.92 Å². The Morgan fingerprint density at radius 1 is 1.24 bits per heavy atom. The second-order valence-electron chi connectivity index (χ2n) is 6.19. The number of fused-ring (bicyclic) bond motifs is 1. The van der Waals surface area contributed by atoms with Crippen LogP contribution in [0.3, 0.4) is 0 Å². The minimum atomic E-state index is -0.572. The summed E-state index contributed by atoms with van der Waals surface area (Å²) in [6, 6.07) is 10.7. The smallest absolute Gasteiger partial charge is 0.231 e. The maximum absolute atomic E-state index is 12.4. The molecule has 6 heteroatoms. The SMILES string of the molecule is Cc1ccc(NC(=O)CC2COc3ccc(Cl)cc3NC2=O)cc1C. The van der Waals surface area contributed by atoms with Gasteiger partial charge in [0.25, 0.3) is 0 Å². The van der Waals surface area contributed by atoms with Crippen molar-refractivity contribution in [3.63, 3.8) is 0 Å². The van der Waals surface area contributed by atoms with Gasteiger partial charge in [0.2, 0.25) is 11.8 Å². The normalized spacial score (nSPS) is 16.3. The third kappa shape index (κ3) is 4.12. The van der Waals surface area contributed by atoms with Crippen LogP contribution in [0.1, 0.15) is 17.5 Å². The van der Waals surface area contributed by atoms with Crippen LogP contribution in [0.5, 0.6) is 5.75 Å². The minimum Gasteiger partial charge on any atom is -0.491 e. The Bertz CT molecular complexity index is 835. The van der Waals surface area contributed by atoms with Crippen LogP contribution in [-0.2, 0) is 9.59 Å². The van der Waals surface area contributed by atoms with Gasteiger partial charge in [-0.1, -0.05) is 17.7 Å². The van der Waals surface area contributed by atoms with E-state index >= 15 is 0 Å². The van der Waals surface area contributed by atoms with Crippen LogP contribution >= 0.6 is 11.6 Å². The number of hydrogen-bond donors (Lipinski definition) is 2. The van der Waals surface area contributed by atoms with Gasteiger partial charge in [0.15, 0.2) is 0 Å². The van der Waals surface area contributed by atoms with Crippen LogP contribution in [0.25, 0.3) is 0 Å². The van der Waals surface area contributed by atoms with Crippen molar-refractivity contribution in [3.05, 3.63) is 52.5 Å². The Balaban J connectivity index is 1.65. The first-order chi connectivity index (χ1) is 11.9. The van der Waals surface area contributed by atoms with Crippen LogP contribution in [0.4, 0.5) is 11.4 Å². The van der Waals surface area contributed by atoms with Crippen molar-refractivity contribution in [2.75, 3.05) is 17.2 Å². The summed E-state index contributed by atoms with van der Waals surface area (Å²) in [5, 5.41) is 6.11. The van der Waals surface area contributed by atoms with Crippen LogP contribution < -0.4 is 15.4 Å². The summed E-state index contributed by atoms with van der Waals surface area (Å²) in [6.07, 6.45) is 0.0421. The van der Waals surface area contributed by atoms with Gasteiger partial charge in [-0.25, -0.2) is 0 Å². The van der Waals surface area contributed by atoms with Gasteiger partial charge in [-0.3, -0.25) is 9.59 Å². The van der Waals surface area contributed by atoms with Crippen LogP contribution in [0.2, 0.25) is 5.02 Å². The van der Waals surface area contributed by atoms with Crippen LogP contribution in [0, 0.1) is 19.8 Å². The summed E-state index contributed by atoms with van der Waals surface area (Å²) in [5.41, 5.74) is 3.50. The highest BCUT2D eigenvalue weighted by molar-refractivity contribution is 6.31. The van der Waals surface area contributed by atoms with Gasteiger partial charge >= 0.3 is 0 Å². The molecule has 1 atom stereocenters. The van der Waals surface area contributed by atoms with Crippen molar-refractivity contribution in [3.8, 4) is 5.75 Å². The van der Waals surface area contributed by atoms with Gasteiger partial charge in [-0.15, -0.1) is 0 Å². The maximum Gasteiger partial charge on any atom is 0.231 e. The van der Waals surface area contributed by atoms with Crippen molar-refractivity contribution in [1.29, 1.82) is 0 Å². The topological polar surface area (TPSA) is 67.4 Å². The second kappa shape index (κ2) is 7.15. The van der Waals surface area contributed by atoms with Crippen molar-refractivity contribution in [2.45, 2.75) is 20.3 Å². The quantitative estimate of drug-likeness (QED) is 0.873. The summed E-state index contributed by atoms with van der Waals surface area (Å²) < 4.78 is 5.65. The number of carbonyl (C=O) groups excluding carboxylic acids is 2. The van der Waals surface area contributed by atoms with E-state index in [1.807, 2.05) is 32.0 Å². The molecule has 1 unspecified atom stereocenters. The minimum absolute atomic E-state index is 0.0421. The second-order valence-corrected chi connectivity index (χ2v) is 6.63. The first kappa shape index (κ1) is 17.3. The lowest BCUT2D eigenvalue weighted by Crippen LogP contribution is -2.29. The number of aryl methyl sites for hydroxylation is 2. The zero-order valence-electron chi connectivity index (χ0n) is 14.1. The monoisotopic (exact) mass is 358 g/mol. The fraction of sp³-hybridized carbons (Fsp3) is 0.263. The van der Waals surface area contributed by atoms with E-state index in [1.54, 1.807) is 18.2 Å². The highest BCUT2D eigenvalue weighted by Gasteiger charge is 2.27. The molecule has 0 radical (unpaired) electrons. The molecule has 1 heterocycles. The third-order valence-corrected chi connectivity index (χ3v) is 4.47. The maximum atomic E-state index is 12.4. The van der Waals surface area contributed by atoms with Gasteiger partial charge < -0.3 is 15.4 Å². The summed E-state index contributed by atoms with van der Waals surface area (Å²) in [5.74, 6) is -0.500. The standard InChI is InChI=1S/C19H19ClN2O3/c1-11-3-5-15(7-12(11)2)21-18(23)8-13-10-25-17-6-4-14(20)9-16(17)22-19(13)24/h3-7,9,13H,8,10H2,1-2H3,(H,21,23)(H,22,24). The molecule has 0 bridgehead atoms. The number of amides is 2. The zero-order valence-corrected chi connectivity index (χ0v) is 14.8. The van der Waals surface area contributed by atoms with E-state index in [1.165, 1.54) is 0 Å². The fourth-order valence-corrected chi connectivity index (χ4v) is 2.81. The fourth-order valence-electron chi connectivity index (χ4n) is 2.63. The van der Waals surface area contributed by atoms with Gasteiger partial charge in [0, 0.05) is 17.1 Å². The van der Waals surface area contributed by atoms with E-state index in [4.69, 9.17) is 16.3 Å². The number of benzene rings is 2. The zero-order chi connectivity index (χ0) is 18.0. The number of carbonyl (C=O) groups is 2. The first-order valence-corrected chi connectivity index (χ1v) is 8.40. The molecule has 2 amide bonds. The Hall–Kier alpha value is -2.53. The molecular formula is C19H19ClN2O3. The number of hydrogen-bond acceptors (Lipinski definition) is 3. The Morgan fingerprint density at radius 2 is 2.04 bits per heavy atom. The molecular weight excluding hydrogens is 340 g/mol. The van der Waals surface area contributed by atoms with Crippen molar-refractivity contribution in [2.24, 2.45) is 5.92 Å². The molecule has 2 aromatic carbocycles. The summed E-state index contributed by atoms with van der Waals surface area (Å²) in [6.45, 7) is 4.14. The highest BCUT2D eigenvalue weighted by atomic mass is 35.5. The summed E-state index contributed by atoms with van der Waals surface area (Å²) in [4.78, 5) is 24.7. The number of ether oxygens (including phenoxy) is 1. The highest BCUT2D eigenvalue weighted by Crippen LogP contribution is 2.31. The molecule has 5 nitrogen and oxygen atoms in total. The van der Waals surface area contributed by atoms with Crippen LogP contribution in [-0.4, -0.2) is 18.4 Å². The molecule has 1 aliphatic rings. The van der Waals surface area contributed by atoms with Gasteiger partial charge in [0.1, 0.15) is 12.4 Å². The average molecular weight is 359 g/mol. The Morgan fingerprint density at radius 3 is 2.80 bits per heavy atom. The largest absolute Gasteiger partial charge is 0.491 e. The summed E-state index contributed by atoms with van der Waals surface area (Å²) >= 11 is 5.94. The molecule has 0 spiro atoms. The lowest BCUT2D eigenvalue weighted by atomic mass is 10.0. The van der Waals surface area contributed by atoms with Crippen LogP contribution in [0.15, 0.2) is 36.4 Å². The molecule has 0 aromatic heterocycles. The van der Waals surface area contributed by atoms with Gasteiger partial charge in [-0.2, -0.15) is 0 Å². The van der Waals surface area contributed by atoms with E-state index in [0.29, 0.717) is 16.5 Å². The molecule has 2 N–H and O–H groups in total. The number of nitrogens with one attached hydrogen (secondary N) is 2. The average Bonchev–Trinajstić information content (AvgIpc) is 2.70. The van der Waals surface area contributed by atoms with E-state index in [0.717, 1.165) is 16.8 Å². The molecule has 2 aromatic rings. The molecule has 0 aliphatic carbocycles. The molecule has 0 fully saturated rings. The number of halogens is 1. The summed E-state index contributed by atoms with van der Waals surface area (Å²) in [7, 11) is 0. The predicted octanol–water partition coefficient (Wildman–Crippen LogP) is 3.93. The van der Waals surface area contributed by atoms with Gasteiger partial charge in [0.05, 0.1) is 11.6 Å². The number of anilines is 2. The third-order valence-electron chi connectivity index (χ3n) is 4.23. The van der Waals surface area contributed by atoms with E-state index in [9.17, 15) is 9.59 Å². The van der Waals surface area contributed by atoms with Crippen molar-refractivity contribution < 1.29 is 14.3 Å². The van der Waals surface area contributed by atoms with E-state index in [-0.39, 0.29) is 24.8 Å². The van der Waals surface area contributed by atoms with Crippen molar-refractivity contribution in [1.82, 2.24) is 0 Å². The molecule has 130 valence electrons. The van der Waals surface area contributed by atoms with Gasteiger partial charge in [-0.05, 0) is 55.3 Å². The lowest BCUT2D eigenvalue weighted by Gasteiger charge is -2.13. The molecule has 25 heavy (non-hydrogen) atoms. The lowest BCUT2D eigenvalue weighted by molar-refractivity contribution is -0.125. The van der Waals surface area contributed by atoms with Crippen molar-refractivity contribution >= 4 is 34.8 Å². The molecule has 0 saturated carbocycles. The molecule has 0 saturated heterocycles.